The largest absolute Gasteiger partial charge is 0.350 e. The molecule has 1 aromatic heterocycles. The molecule has 0 radical (unpaired) electrons. The molecule has 27 heavy (non-hydrogen) atoms. The van der Waals surface area contributed by atoms with Gasteiger partial charge in [0.1, 0.15) is 23.7 Å². The Morgan fingerprint density at radius 2 is 1.96 bits per heavy atom. The summed E-state index contributed by atoms with van der Waals surface area (Å²) in [5.41, 5.74) is 1.93. The minimum absolute atomic E-state index is 0.192. The van der Waals surface area contributed by atoms with E-state index in [0.29, 0.717) is 29.1 Å². The smallest absolute Gasteiger partial charge is 0.270 e. The molecule has 0 aliphatic rings. The average Bonchev–Trinajstić information content (AvgIpc) is 2.69. The van der Waals surface area contributed by atoms with Crippen molar-refractivity contribution in [2.45, 2.75) is 6.42 Å². The fourth-order valence-corrected chi connectivity index (χ4v) is 2.47. The van der Waals surface area contributed by atoms with Crippen molar-refractivity contribution in [3.63, 3.8) is 0 Å². The number of anilines is 2. The predicted molar refractivity (Wildman–Crippen MR) is 98.9 cm³/mol. The molecule has 7 heteroatoms. The number of hydrogen-bond donors (Lipinski definition) is 2. The summed E-state index contributed by atoms with van der Waals surface area (Å²) in [6, 6.07) is 16.9. The number of rotatable bonds is 6. The van der Waals surface area contributed by atoms with Gasteiger partial charge in [-0.25, -0.2) is 14.4 Å². The molecule has 0 spiro atoms. The molecule has 0 atom stereocenters. The quantitative estimate of drug-likeness (QED) is 0.704. The molecule has 0 unspecified atom stereocenters. The second kappa shape index (κ2) is 8.54. The first-order valence-corrected chi connectivity index (χ1v) is 8.26. The third kappa shape index (κ3) is 4.86. The van der Waals surface area contributed by atoms with E-state index in [1.165, 1.54) is 18.5 Å². The number of carbonyl (C=O) groups excluding carboxylic acids is 1. The number of carbonyl (C=O) groups is 1. The minimum atomic E-state index is -0.373. The van der Waals surface area contributed by atoms with Gasteiger partial charge in [0, 0.05) is 18.3 Å². The molecule has 0 bridgehead atoms. The molecule has 3 rings (SSSR count). The number of halogens is 1. The Balaban J connectivity index is 1.61. The lowest BCUT2D eigenvalue weighted by Crippen LogP contribution is -2.26. The topological polar surface area (TPSA) is 90.7 Å². The van der Waals surface area contributed by atoms with E-state index in [9.17, 15) is 9.18 Å². The van der Waals surface area contributed by atoms with Crippen LogP contribution in [0.15, 0.2) is 60.9 Å². The standard InChI is InChI=1S/C20H16FN5O/c21-17-7-2-1-5-15(17)8-9-23-20(27)18-11-19(25-13-24-18)26-16-6-3-4-14(10-16)12-22/h1-7,10-11,13H,8-9H2,(H,23,27)(H,24,25,26). The maximum absolute atomic E-state index is 13.6. The van der Waals surface area contributed by atoms with Gasteiger partial charge in [-0.3, -0.25) is 4.79 Å². The molecule has 0 aliphatic heterocycles. The lowest BCUT2D eigenvalue weighted by Gasteiger charge is -2.08. The van der Waals surface area contributed by atoms with Crippen molar-refractivity contribution in [2.24, 2.45) is 0 Å². The third-order valence-corrected chi connectivity index (χ3v) is 3.80. The van der Waals surface area contributed by atoms with Crippen molar-refractivity contribution >= 4 is 17.4 Å². The number of amides is 1. The van der Waals surface area contributed by atoms with Crippen LogP contribution in [0.1, 0.15) is 21.6 Å². The Hall–Kier alpha value is -3.79. The minimum Gasteiger partial charge on any atom is -0.350 e. The summed E-state index contributed by atoms with van der Waals surface area (Å²) in [5, 5.41) is 14.7. The van der Waals surface area contributed by atoms with Gasteiger partial charge in [0.15, 0.2) is 0 Å². The lowest BCUT2D eigenvalue weighted by molar-refractivity contribution is 0.0949. The first-order chi connectivity index (χ1) is 13.2. The third-order valence-electron chi connectivity index (χ3n) is 3.80. The van der Waals surface area contributed by atoms with Crippen LogP contribution in [0.4, 0.5) is 15.9 Å². The van der Waals surface area contributed by atoms with Crippen molar-refractivity contribution in [1.82, 2.24) is 15.3 Å². The zero-order valence-electron chi connectivity index (χ0n) is 14.3. The maximum Gasteiger partial charge on any atom is 0.270 e. The fraction of sp³-hybridized carbons (Fsp3) is 0.100. The molecule has 1 heterocycles. The molecule has 0 saturated carbocycles. The summed E-state index contributed by atoms with van der Waals surface area (Å²) in [6.07, 6.45) is 1.66. The van der Waals surface area contributed by atoms with E-state index in [-0.39, 0.29) is 24.0 Å². The second-order valence-electron chi connectivity index (χ2n) is 5.70. The molecular formula is C20H16FN5O. The monoisotopic (exact) mass is 361 g/mol. The van der Waals surface area contributed by atoms with E-state index in [1.807, 2.05) is 0 Å². The van der Waals surface area contributed by atoms with Gasteiger partial charge in [-0.05, 0) is 36.2 Å². The van der Waals surface area contributed by atoms with Crippen LogP contribution in [0, 0.1) is 17.1 Å². The number of benzene rings is 2. The van der Waals surface area contributed by atoms with Gasteiger partial charge in [-0.15, -0.1) is 0 Å². The number of nitrogens with zero attached hydrogens (tertiary/aromatic N) is 3. The fourth-order valence-electron chi connectivity index (χ4n) is 2.47. The number of nitriles is 1. The molecule has 0 fully saturated rings. The summed E-state index contributed by atoms with van der Waals surface area (Å²) in [6.45, 7) is 0.288. The molecule has 0 saturated heterocycles. The molecule has 2 aromatic carbocycles. The second-order valence-corrected chi connectivity index (χ2v) is 5.70. The van der Waals surface area contributed by atoms with Crippen molar-refractivity contribution in [2.75, 3.05) is 11.9 Å². The average molecular weight is 361 g/mol. The number of aromatic nitrogens is 2. The highest BCUT2D eigenvalue weighted by atomic mass is 19.1. The molecule has 134 valence electrons. The van der Waals surface area contributed by atoms with E-state index in [4.69, 9.17) is 5.26 Å². The molecule has 1 amide bonds. The highest BCUT2D eigenvalue weighted by Gasteiger charge is 2.09. The van der Waals surface area contributed by atoms with Gasteiger partial charge in [0.2, 0.25) is 0 Å². The Kier molecular flexibility index (Phi) is 5.70. The summed E-state index contributed by atoms with van der Waals surface area (Å²) < 4.78 is 13.6. The van der Waals surface area contributed by atoms with Crippen LogP contribution in [0.5, 0.6) is 0 Å². The van der Waals surface area contributed by atoms with Crippen molar-refractivity contribution < 1.29 is 9.18 Å². The summed E-state index contributed by atoms with van der Waals surface area (Å²) in [4.78, 5) is 20.3. The van der Waals surface area contributed by atoms with Crippen LogP contribution in [0.2, 0.25) is 0 Å². The van der Waals surface area contributed by atoms with Crippen LogP contribution < -0.4 is 10.6 Å². The van der Waals surface area contributed by atoms with Crippen LogP contribution in [0.3, 0.4) is 0 Å². The van der Waals surface area contributed by atoms with Gasteiger partial charge in [-0.2, -0.15) is 5.26 Å². The SMILES string of the molecule is N#Cc1cccc(Nc2cc(C(=O)NCCc3ccccc3F)ncn2)c1. The highest BCUT2D eigenvalue weighted by Crippen LogP contribution is 2.16. The summed E-state index contributed by atoms with van der Waals surface area (Å²) in [5.74, 6) is -0.234. The van der Waals surface area contributed by atoms with Gasteiger partial charge >= 0.3 is 0 Å². The van der Waals surface area contributed by atoms with Crippen molar-refractivity contribution in [3.8, 4) is 6.07 Å². The van der Waals surface area contributed by atoms with E-state index in [1.54, 1.807) is 42.5 Å². The van der Waals surface area contributed by atoms with Crippen LogP contribution in [-0.4, -0.2) is 22.4 Å². The maximum atomic E-state index is 13.6. The molecular weight excluding hydrogens is 345 g/mol. The Labute approximate surface area is 155 Å². The first-order valence-electron chi connectivity index (χ1n) is 8.26. The lowest BCUT2D eigenvalue weighted by atomic mass is 10.1. The molecule has 6 nitrogen and oxygen atoms in total. The summed E-state index contributed by atoms with van der Waals surface area (Å²) >= 11 is 0. The zero-order chi connectivity index (χ0) is 19.1. The Bertz CT molecular complexity index is 999. The van der Waals surface area contributed by atoms with Gasteiger partial charge < -0.3 is 10.6 Å². The van der Waals surface area contributed by atoms with E-state index < -0.39 is 0 Å². The van der Waals surface area contributed by atoms with E-state index in [2.05, 4.69) is 26.7 Å². The Morgan fingerprint density at radius 1 is 1.11 bits per heavy atom. The molecule has 2 N–H and O–H groups in total. The van der Waals surface area contributed by atoms with E-state index in [0.717, 1.165) is 0 Å². The molecule has 0 aliphatic carbocycles. The van der Waals surface area contributed by atoms with Gasteiger partial charge in [0.05, 0.1) is 11.6 Å². The molecule has 3 aromatic rings. The Morgan fingerprint density at radius 3 is 2.78 bits per heavy atom. The van der Waals surface area contributed by atoms with Gasteiger partial charge in [-0.1, -0.05) is 24.3 Å². The van der Waals surface area contributed by atoms with E-state index >= 15 is 0 Å². The van der Waals surface area contributed by atoms with Crippen LogP contribution in [-0.2, 0) is 6.42 Å². The predicted octanol–water partition coefficient (Wildman–Crippen LogP) is 3.20. The van der Waals surface area contributed by atoms with Gasteiger partial charge in [0.25, 0.3) is 5.91 Å². The van der Waals surface area contributed by atoms with Crippen LogP contribution >= 0.6 is 0 Å². The number of nitrogens with one attached hydrogen (secondary N) is 2. The van der Waals surface area contributed by atoms with Crippen molar-refractivity contribution in [3.05, 3.63) is 83.6 Å². The number of hydrogen-bond acceptors (Lipinski definition) is 5. The van der Waals surface area contributed by atoms with Crippen molar-refractivity contribution in [1.29, 1.82) is 5.26 Å². The van der Waals surface area contributed by atoms with Crippen LogP contribution in [0.25, 0.3) is 0 Å². The highest BCUT2D eigenvalue weighted by molar-refractivity contribution is 5.92. The first kappa shape index (κ1) is 18.0. The zero-order valence-corrected chi connectivity index (χ0v) is 14.3. The normalized spacial score (nSPS) is 10.1. The summed E-state index contributed by atoms with van der Waals surface area (Å²) in [7, 11) is 0.